The number of phenolic OH excluding ortho intramolecular Hbond substituents is 1. The van der Waals surface area contributed by atoms with Crippen molar-refractivity contribution in [3.8, 4) is 5.75 Å². The molecule has 4 aliphatic rings. The molecule has 2 aliphatic heterocycles. The fourth-order valence-electron chi connectivity index (χ4n) is 5.47. The molecule has 2 bridgehead atoms. The highest BCUT2D eigenvalue weighted by Crippen LogP contribution is 2.51. The van der Waals surface area contributed by atoms with E-state index in [2.05, 4.69) is 11.0 Å². The Morgan fingerprint density at radius 3 is 2.88 bits per heavy atom. The molecule has 1 aromatic carbocycles. The van der Waals surface area contributed by atoms with Crippen LogP contribution >= 0.6 is 0 Å². The Labute approximate surface area is 150 Å². The van der Waals surface area contributed by atoms with Gasteiger partial charge in [0.25, 0.3) is 0 Å². The molecule has 0 aromatic heterocycles. The molecule has 0 amide bonds. The summed E-state index contributed by atoms with van der Waals surface area (Å²) in [7, 11) is 0. The van der Waals surface area contributed by atoms with Crippen molar-refractivity contribution < 1.29 is 14.6 Å². The van der Waals surface area contributed by atoms with E-state index in [4.69, 9.17) is 9.47 Å². The maximum atomic E-state index is 10.1. The predicted octanol–water partition coefficient (Wildman–Crippen LogP) is 3.21. The first-order chi connectivity index (χ1) is 12.0. The molecule has 0 radical (unpaired) electrons. The number of benzene rings is 1. The number of fused-ring (bicyclic) bond motifs is 1. The Balaban J connectivity index is 1.55. The van der Waals surface area contributed by atoms with E-state index < -0.39 is 5.79 Å². The molecule has 4 nitrogen and oxygen atoms in total. The Kier molecular flexibility index (Phi) is 3.51. The van der Waals surface area contributed by atoms with Crippen LogP contribution in [0.3, 0.4) is 0 Å². The number of phenols is 1. The normalized spacial score (nSPS) is 37.0. The van der Waals surface area contributed by atoms with Gasteiger partial charge in [-0.25, -0.2) is 0 Å². The number of likely N-dealkylation sites (tertiary alicyclic amines) is 1. The molecule has 4 heteroatoms. The first-order valence-electron chi connectivity index (χ1n) is 9.85. The van der Waals surface area contributed by atoms with Gasteiger partial charge in [0.05, 0.1) is 12.7 Å². The fraction of sp³-hybridized carbons (Fsp3) is 0.714. The van der Waals surface area contributed by atoms with Gasteiger partial charge in [0.1, 0.15) is 5.75 Å². The first kappa shape index (κ1) is 16.1. The Hall–Kier alpha value is -1.10. The van der Waals surface area contributed by atoms with Gasteiger partial charge < -0.3 is 14.6 Å². The van der Waals surface area contributed by atoms with Crippen LogP contribution in [-0.4, -0.2) is 47.6 Å². The Morgan fingerprint density at radius 2 is 2.12 bits per heavy atom. The molecular weight excluding hydrogens is 314 g/mol. The third-order valence-corrected chi connectivity index (χ3v) is 7.07. The maximum Gasteiger partial charge on any atom is 0.163 e. The Bertz CT molecular complexity index is 684. The van der Waals surface area contributed by atoms with Crippen LogP contribution in [0.2, 0.25) is 0 Å². The predicted molar refractivity (Wildman–Crippen MR) is 95.7 cm³/mol. The third kappa shape index (κ3) is 2.45. The smallest absolute Gasteiger partial charge is 0.163 e. The molecule has 0 unspecified atom stereocenters. The van der Waals surface area contributed by atoms with Gasteiger partial charge in [-0.2, -0.15) is 0 Å². The van der Waals surface area contributed by atoms with Crippen LogP contribution in [0.4, 0.5) is 0 Å². The summed E-state index contributed by atoms with van der Waals surface area (Å²) in [5, 5.41) is 10.1. The second-order valence-corrected chi connectivity index (χ2v) is 9.04. The van der Waals surface area contributed by atoms with Crippen molar-refractivity contribution in [1.29, 1.82) is 0 Å². The summed E-state index contributed by atoms with van der Waals surface area (Å²) in [5.74, 6) is 0.703. The molecular formula is C21H29NO3. The second kappa shape index (κ2) is 5.45. The van der Waals surface area contributed by atoms with Gasteiger partial charge in [-0.05, 0) is 75.3 Å². The molecule has 1 aromatic rings. The van der Waals surface area contributed by atoms with Crippen LogP contribution in [0.5, 0.6) is 5.75 Å². The number of hydrogen-bond acceptors (Lipinski definition) is 4. The largest absolute Gasteiger partial charge is 0.508 e. The lowest BCUT2D eigenvalue weighted by atomic mass is 9.61. The van der Waals surface area contributed by atoms with Gasteiger partial charge in [-0.1, -0.05) is 12.5 Å². The molecule has 3 atom stereocenters. The summed E-state index contributed by atoms with van der Waals surface area (Å²) in [5.41, 5.74) is 2.51. The van der Waals surface area contributed by atoms with Crippen molar-refractivity contribution >= 4 is 0 Å². The molecule has 2 saturated heterocycles. The number of ether oxygens (including phenoxy) is 2. The highest BCUT2D eigenvalue weighted by Gasteiger charge is 2.58. The monoisotopic (exact) mass is 343 g/mol. The van der Waals surface area contributed by atoms with Crippen molar-refractivity contribution in [3.05, 3.63) is 29.3 Å². The summed E-state index contributed by atoms with van der Waals surface area (Å²) >= 11 is 0. The minimum absolute atomic E-state index is 0.109. The van der Waals surface area contributed by atoms with E-state index in [0.717, 1.165) is 25.3 Å². The zero-order valence-corrected chi connectivity index (χ0v) is 15.3. The molecule has 3 fully saturated rings. The molecule has 5 rings (SSSR count). The zero-order valence-electron chi connectivity index (χ0n) is 15.3. The van der Waals surface area contributed by atoms with E-state index in [0.29, 0.717) is 18.4 Å². The van der Waals surface area contributed by atoms with E-state index in [9.17, 15) is 5.11 Å². The SMILES string of the molecule is CC1(C)OC[C@]23CCN(CC4CCC4)[C@H](Cc4ccc(O)cc42)[C@@H]3O1. The summed E-state index contributed by atoms with van der Waals surface area (Å²) < 4.78 is 12.7. The van der Waals surface area contributed by atoms with Crippen LogP contribution in [0.15, 0.2) is 18.2 Å². The van der Waals surface area contributed by atoms with Crippen LogP contribution in [0.25, 0.3) is 0 Å². The van der Waals surface area contributed by atoms with Gasteiger partial charge in [0.15, 0.2) is 5.79 Å². The highest BCUT2D eigenvalue weighted by molar-refractivity contribution is 5.46. The third-order valence-electron chi connectivity index (χ3n) is 7.07. The summed E-state index contributed by atoms with van der Waals surface area (Å²) in [6.45, 7) is 7.08. The van der Waals surface area contributed by atoms with E-state index in [1.165, 1.54) is 36.9 Å². The van der Waals surface area contributed by atoms with Gasteiger partial charge in [-0.3, -0.25) is 4.90 Å². The molecule has 1 N–H and O–H groups in total. The summed E-state index contributed by atoms with van der Waals surface area (Å²) in [6.07, 6.45) is 6.39. The van der Waals surface area contributed by atoms with Gasteiger partial charge >= 0.3 is 0 Å². The average molecular weight is 343 g/mol. The minimum atomic E-state index is -0.528. The van der Waals surface area contributed by atoms with Crippen molar-refractivity contribution in [2.45, 2.75) is 69.3 Å². The molecule has 25 heavy (non-hydrogen) atoms. The summed E-state index contributed by atoms with van der Waals surface area (Å²) in [6, 6.07) is 6.33. The van der Waals surface area contributed by atoms with Crippen molar-refractivity contribution in [1.82, 2.24) is 4.90 Å². The average Bonchev–Trinajstić information content (AvgIpc) is 2.52. The van der Waals surface area contributed by atoms with E-state index >= 15 is 0 Å². The van der Waals surface area contributed by atoms with E-state index in [-0.39, 0.29) is 11.5 Å². The lowest BCUT2D eigenvalue weighted by molar-refractivity contribution is -0.322. The van der Waals surface area contributed by atoms with Gasteiger partial charge in [0, 0.05) is 18.0 Å². The van der Waals surface area contributed by atoms with E-state index in [1.807, 2.05) is 26.0 Å². The molecule has 1 saturated carbocycles. The van der Waals surface area contributed by atoms with Crippen molar-refractivity contribution in [2.75, 3.05) is 19.7 Å². The van der Waals surface area contributed by atoms with Crippen molar-refractivity contribution in [3.63, 3.8) is 0 Å². The molecule has 2 heterocycles. The lowest BCUT2D eigenvalue weighted by Crippen LogP contribution is -2.70. The maximum absolute atomic E-state index is 10.1. The molecule has 136 valence electrons. The van der Waals surface area contributed by atoms with Gasteiger partial charge in [-0.15, -0.1) is 0 Å². The van der Waals surface area contributed by atoms with Gasteiger partial charge in [0.2, 0.25) is 0 Å². The quantitative estimate of drug-likeness (QED) is 0.895. The number of aromatic hydroxyl groups is 1. The topological polar surface area (TPSA) is 41.9 Å². The number of nitrogens with zero attached hydrogens (tertiary/aromatic N) is 1. The number of piperidine rings is 1. The summed E-state index contributed by atoms with van der Waals surface area (Å²) in [4.78, 5) is 2.70. The standard InChI is InChI=1S/C21H29NO3/c1-20(2)24-13-21-8-9-22(12-14-4-3-5-14)18(19(21)25-20)10-15-6-7-16(23)11-17(15)21/h6-7,11,14,18-19,23H,3-5,8-10,12-13H2,1-2H3/t18-,19+,21-/m1/s1. The molecule has 0 spiro atoms. The van der Waals surface area contributed by atoms with Crippen LogP contribution in [-0.2, 0) is 21.3 Å². The van der Waals surface area contributed by atoms with E-state index in [1.54, 1.807) is 0 Å². The minimum Gasteiger partial charge on any atom is -0.508 e. The zero-order chi connectivity index (χ0) is 17.2. The van der Waals surface area contributed by atoms with Crippen LogP contribution < -0.4 is 0 Å². The number of hydrogen-bond donors (Lipinski definition) is 1. The van der Waals surface area contributed by atoms with Crippen LogP contribution in [0.1, 0.15) is 50.7 Å². The van der Waals surface area contributed by atoms with Crippen LogP contribution in [0, 0.1) is 5.92 Å². The van der Waals surface area contributed by atoms with Crippen molar-refractivity contribution in [2.24, 2.45) is 5.92 Å². The Morgan fingerprint density at radius 1 is 1.28 bits per heavy atom. The lowest BCUT2D eigenvalue weighted by Gasteiger charge is -2.60. The second-order valence-electron chi connectivity index (χ2n) is 9.04. The fourth-order valence-corrected chi connectivity index (χ4v) is 5.47. The molecule has 2 aliphatic carbocycles. The first-order valence-corrected chi connectivity index (χ1v) is 9.85. The number of rotatable bonds is 2. The highest BCUT2D eigenvalue weighted by atomic mass is 16.7.